The van der Waals surface area contributed by atoms with Crippen LogP contribution in [0.3, 0.4) is 0 Å². The van der Waals surface area contributed by atoms with E-state index in [4.69, 9.17) is 4.74 Å². The molecule has 2 heterocycles. The van der Waals surface area contributed by atoms with E-state index in [0.29, 0.717) is 11.6 Å². The van der Waals surface area contributed by atoms with Gasteiger partial charge in [0.1, 0.15) is 4.90 Å². The Morgan fingerprint density at radius 3 is 2.68 bits per heavy atom. The van der Waals surface area contributed by atoms with Crippen molar-refractivity contribution in [2.45, 2.75) is 67.0 Å². The summed E-state index contributed by atoms with van der Waals surface area (Å²) in [6.07, 6.45) is 8.71. The van der Waals surface area contributed by atoms with E-state index in [9.17, 15) is 13.2 Å². The topological polar surface area (TPSA) is 88.6 Å². The fraction of sp³-hybridized carbons (Fsp3) is 0.684. The second-order valence-corrected chi connectivity index (χ2v) is 10.4. The standard InChI is InChI=1S/C19H29N3O4S2/c1-22(15-6-3-2-4-7-15)28(24,25)17-9-10-19(21-13-17)27-14-18(23)20-12-16-8-5-11-26-16/h9-10,13,15-16H,2-8,11-12,14H2,1H3,(H,20,23)/t16-/m0/s1. The predicted octanol–water partition coefficient (Wildman–Crippen LogP) is 2.42. The van der Waals surface area contributed by atoms with Crippen molar-refractivity contribution in [3.05, 3.63) is 18.3 Å². The summed E-state index contributed by atoms with van der Waals surface area (Å²) < 4.78 is 32.6. The molecule has 156 valence electrons. The molecule has 0 unspecified atom stereocenters. The lowest BCUT2D eigenvalue weighted by atomic mass is 9.96. The molecule has 1 saturated carbocycles. The molecule has 1 aromatic rings. The van der Waals surface area contributed by atoms with Gasteiger partial charge in [-0.2, -0.15) is 4.31 Å². The number of hydrogen-bond donors (Lipinski definition) is 1. The van der Waals surface area contributed by atoms with Crippen LogP contribution in [0.15, 0.2) is 28.3 Å². The number of nitrogens with one attached hydrogen (secondary N) is 1. The average molecular weight is 428 g/mol. The highest BCUT2D eigenvalue weighted by molar-refractivity contribution is 7.99. The highest BCUT2D eigenvalue weighted by Crippen LogP contribution is 2.27. The maximum absolute atomic E-state index is 12.8. The van der Waals surface area contributed by atoms with Gasteiger partial charge in [0.25, 0.3) is 0 Å². The van der Waals surface area contributed by atoms with Crippen molar-refractivity contribution < 1.29 is 17.9 Å². The predicted molar refractivity (Wildman–Crippen MR) is 109 cm³/mol. The number of sulfonamides is 1. The smallest absolute Gasteiger partial charge is 0.244 e. The van der Waals surface area contributed by atoms with Gasteiger partial charge in [0.05, 0.1) is 16.9 Å². The van der Waals surface area contributed by atoms with Gasteiger partial charge in [-0.15, -0.1) is 0 Å². The van der Waals surface area contributed by atoms with E-state index < -0.39 is 10.0 Å². The van der Waals surface area contributed by atoms with Gasteiger partial charge < -0.3 is 10.1 Å². The van der Waals surface area contributed by atoms with Crippen molar-refractivity contribution in [3.8, 4) is 0 Å². The summed E-state index contributed by atoms with van der Waals surface area (Å²) >= 11 is 1.29. The molecule has 9 heteroatoms. The van der Waals surface area contributed by atoms with Crippen LogP contribution in [-0.4, -0.2) is 61.7 Å². The highest BCUT2D eigenvalue weighted by Gasteiger charge is 2.29. The van der Waals surface area contributed by atoms with Crippen LogP contribution in [0.1, 0.15) is 44.9 Å². The summed E-state index contributed by atoms with van der Waals surface area (Å²) in [5, 5.41) is 3.50. The SMILES string of the molecule is CN(C1CCCCC1)S(=O)(=O)c1ccc(SCC(=O)NC[C@@H]2CCCO2)nc1. The van der Waals surface area contributed by atoms with Crippen molar-refractivity contribution >= 4 is 27.7 Å². The number of aromatic nitrogens is 1. The first-order chi connectivity index (χ1) is 13.5. The zero-order valence-corrected chi connectivity index (χ0v) is 17.9. The third-order valence-corrected chi connectivity index (χ3v) is 8.21. The Morgan fingerprint density at radius 1 is 1.25 bits per heavy atom. The molecule has 0 radical (unpaired) electrons. The Bertz CT molecular complexity index is 743. The fourth-order valence-electron chi connectivity index (χ4n) is 3.64. The van der Waals surface area contributed by atoms with Crippen molar-refractivity contribution in [2.24, 2.45) is 0 Å². The fourth-order valence-corrected chi connectivity index (χ4v) is 5.67. The molecular formula is C19H29N3O4S2. The second-order valence-electron chi connectivity index (χ2n) is 7.37. The highest BCUT2D eigenvalue weighted by atomic mass is 32.2. The first-order valence-corrected chi connectivity index (χ1v) is 12.3. The molecule has 2 fully saturated rings. The molecular weight excluding hydrogens is 398 g/mol. The molecule has 1 atom stereocenters. The van der Waals surface area contributed by atoms with E-state index in [1.807, 2.05) is 0 Å². The number of carbonyl (C=O) groups excluding carboxylic acids is 1. The maximum atomic E-state index is 12.8. The Labute approximate surface area is 171 Å². The zero-order chi connectivity index (χ0) is 20.0. The number of nitrogens with zero attached hydrogens (tertiary/aromatic N) is 2. The van der Waals surface area contributed by atoms with Crippen molar-refractivity contribution in [1.29, 1.82) is 0 Å². The molecule has 1 aromatic heterocycles. The summed E-state index contributed by atoms with van der Waals surface area (Å²) in [5.74, 6) is 0.171. The normalized spacial score (nSPS) is 21.1. The molecule has 0 bridgehead atoms. The first kappa shape index (κ1) is 21.5. The van der Waals surface area contributed by atoms with Crippen molar-refractivity contribution in [2.75, 3.05) is 26.0 Å². The van der Waals surface area contributed by atoms with Gasteiger partial charge in [0.2, 0.25) is 15.9 Å². The van der Waals surface area contributed by atoms with Gasteiger partial charge in [-0.25, -0.2) is 13.4 Å². The minimum atomic E-state index is -3.54. The minimum absolute atomic E-state index is 0.0698. The number of ether oxygens (including phenoxy) is 1. The summed E-state index contributed by atoms with van der Waals surface area (Å²) in [5.41, 5.74) is 0. The van der Waals surface area contributed by atoms with E-state index in [0.717, 1.165) is 45.1 Å². The Hall–Kier alpha value is -1.16. The molecule has 1 aliphatic heterocycles. The molecule has 1 saturated heterocycles. The lowest BCUT2D eigenvalue weighted by Crippen LogP contribution is -2.38. The molecule has 1 amide bonds. The molecule has 28 heavy (non-hydrogen) atoms. The maximum Gasteiger partial charge on any atom is 0.244 e. The molecule has 1 aliphatic carbocycles. The van der Waals surface area contributed by atoms with Gasteiger partial charge in [-0.05, 0) is 37.8 Å². The minimum Gasteiger partial charge on any atom is -0.376 e. The monoisotopic (exact) mass is 427 g/mol. The Balaban J connectivity index is 1.50. The summed E-state index contributed by atoms with van der Waals surface area (Å²) in [6.45, 7) is 1.31. The first-order valence-electron chi connectivity index (χ1n) is 9.92. The third-order valence-electron chi connectivity index (χ3n) is 5.38. The Morgan fingerprint density at radius 2 is 2.04 bits per heavy atom. The number of amides is 1. The lowest BCUT2D eigenvalue weighted by Gasteiger charge is -2.30. The van der Waals surface area contributed by atoms with Gasteiger partial charge in [-0.3, -0.25) is 4.79 Å². The van der Waals surface area contributed by atoms with Crippen molar-refractivity contribution in [1.82, 2.24) is 14.6 Å². The lowest BCUT2D eigenvalue weighted by molar-refractivity contribution is -0.119. The van der Waals surface area contributed by atoms with Gasteiger partial charge in [0.15, 0.2) is 0 Å². The van der Waals surface area contributed by atoms with E-state index in [2.05, 4.69) is 10.3 Å². The van der Waals surface area contributed by atoms with Crippen LogP contribution in [-0.2, 0) is 19.6 Å². The van der Waals surface area contributed by atoms with Crippen LogP contribution in [0.25, 0.3) is 0 Å². The van der Waals surface area contributed by atoms with Crippen LogP contribution in [0.2, 0.25) is 0 Å². The van der Waals surface area contributed by atoms with E-state index in [1.165, 1.54) is 28.7 Å². The van der Waals surface area contributed by atoms with Gasteiger partial charge >= 0.3 is 0 Å². The third kappa shape index (κ3) is 5.68. The molecule has 2 aliphatic rings. The van der Waals surface area contributed by atoms with Gasteiger partial charge in [-0.1, -0.05) is 31.0 Å². The molecule has 1 N–H and O–H groups in total. The van der Waals surface area contributed by atoms with Crippen molar-refractivity contribution in [3.63, 3.8) is 0 Å². The summed E-state index contributed by atoms with van der Waals surface area (Å²) in [4.78, 5) is 16.4. The summed E-state index contributed by atoms with van der Waals surface area (Å²) in [6, 6.07) is 3.31. The van der Waals surface area contributed by atoms with E-state index in [-0.39, 0.29) is 28.7 Å². The quantitative estimate of drug-likeness (QED) is 0.641. The molecule has 3 rings (SSSR count). The average Bonchev–Trinajstić information content (AvgIpc) is 3.25. The summed E-state index contributed by atoms with van der Waals surface area (Å²) in [7, 11) is -1.88. The number of thioether (sulfide) groups is 1. The Kier molecular flexibility index (Phi) is 7.73. The van der Waals surface area contributed by atoms with Crippen LogP contribution in [0.5, 0.6) is 0 Å². The molecule has 7 nitrogen and oxygen atoms in total. The molecule has 0 aromatic carbocycles. The van der Waals surface area contributed by atoms with Crippen LogP contribution in [0.4, 0.5) is 0 Å². The second kappa shape index (κ2) is 10.0. The van der Waals surface area contributed by atoms with Gasteiger partial charge in [0, 0.05) is 32.4 Å². The number of hydrogen-bond acceptors (Lipinski definition) is 6. The zero-order valence-electron chi connectivity index (χ0n) is 16.3. The number of pyridine rings is 1. The van der Waals surface area contributed by atoms with Crippen LogP contribution < -0.4 is 5.32 Å². The van der Waals surface area contributed by atoms with E-state index in [1.54, 1.807) is 19.2 Å². The molecule has 0 spiro atoms. The van der Waals surface area contributed by atoms with Crippen LogP contribution >= 0.6 is 11.8 Å². The number of rotatable bonds is 8. The largest absolute Gasteiger partial charge is 0.376 e. The number of carbonyl (C=O) groups is 1. The van der Waals surface area contributed by atoms with Crippen LogP contribution in [0, 0.1) is 0 Å². The van der Waals surface area contributed by atoms with E-state index >= 15 is 0 Å².